The number of benzene rings is 1. The van der Waals surface area contributed by atoms with Crippen LogP contribution in [-0.2, 0) is 11.2 Å². The van der Waals surface area contributed by atoms with Crippen molar-refractivity contribution in [3.05, 3.63) is 71.9 Å². The fraction of sp³-hybridized carbons (Fsp3) is 0.321. The molecule has 0 amide bonds. The number of ketones is 1. The van der Waals surface area contributed by atoms with E-state index in [1.807, 2.05) is 28.7 Å². The number of carbonyl (C=O) groups is 1. The van der Waals surface area contributed by atoms with E-state index in [9.17, 15) is 14.3 Å². The summed E-state index contributed by atoms with van der Waals surface area (Å²) in [6, 6.07) is 10.7. The summed E-state index contributed by atoms with van der Waals surface area (Å²) in [6.45, 7) is 5.45. The van der Waals surface area contributed by atoms with E-state index < -0.39 is 5.60 Å². The summed E-state index contributed by atoms with van der Waals surface area (Å²) in [7, 11) is 0. The van der Waals surface area contributed by atoms with Gasteiger partial charge in [0.05, 0.1) is 29.7 Å². The average molecular weight is 502 g/mol. The first-order valence-electron chi connectivity index (χ1n) is 12.4. The summed E-state index contributed by atoms with van der Waals surface area (Å²) < 4.78 is 21.2. The number of halogens is 1. The fourth-order valence-electron chi connectivity index (χ4n) is 5.15. The molecule has 0 saturated carbocycles. The molecule has 2 aliphatic rings. The highest BCUT2D eigenvalue weighted by Crippen LogP contribution is 2.37. The lowest BCUT2D eigenvalue weighted by Gasteiger charge is -2.39. The molecule has 1 fully saturated rings. The third kappa shape index (κ3) is 4.34. The molecule has 6 rings (SSSR count). The first kappa shape index (κ1) is 23.6. The zero-order valence-corrected chi connectivity index (χ0v) is 20.7. The predicted molar refractivity (Wildman–Crippen MR) is 139 cm³/mol. The number of Topliss-reactive ketones (excluding diaryl/α,β-unsaturated/α-hetero) is 1. The Morgan fingerprint density at radius 3 is 2.73 bits per heavy atom. The maximum absolute atomic E-state index is 13.6. The van der Waals surface area contributed by atoms with E-state index in [4.69, 9.17) is 4.74 Å². The smallest absolute Gasteiger partial charge is 0.167 e. The molecule has 1 unspecified atom stereocenters. The van der Waals surface area contributed by atoms with Crippen molar-refractivity contribution in [2.75, 3.05) is 29.9 Å². The Bertz CT molecular complexity index is 1490. The van der Waals surface area contributed by atoms with Crippen molar-refractivity contribution >= 4 is 28.6 Å². The van der Waals surface area contributed by atoms with Crippen LogP contribution in [0.5, 0.6) is 0 Å². The number of anilines is 3. The zero-order chi connectivity index (χ0) is 25.7. The Labute approximate surface area is 213 Å². The van der Waals surface area contributed by atoms with Gasteiger partial charge in [-0.2, -0.15) is 0 Å². The largest absolute Gasteiger partial charge is 0.388 e. The van der Waals surface area contributed by atoms with E-state index in [2.05, 4.69) is 20.2 Å². The standard InChI is InChI=1S/C28H28FN5O3/c1-28(2,36)24-16-33(11-12-37-24)19-5-3-18(4-6-19)32-27-26-20(7-8-23(26)35)21(14-31-27)22-15-30-25-13-17(29)9-10-34(22)25/h3-6,9-10,13-15,24,36H,7-8,11-12,16H2,1-2H3,(H,31,32). The molecule has 1 atom stereocenters. The predicted octanol–water partition coefficient (Wildman–Crippen LogP) is 4.38. The highest BCUT2D eigenvalue weighted by molar-refractivity contribution is 6.06. The van der Waals surface area contributed by atoms with Crippen LogP contribution in [0.2, 0.25) is 0 Å². The second-order valence-corrected chi connectivity index (χ2v) is 10.1. The Morgan fingerprint density at radius 1 is 1.14 bits per heavy atom. The minimum atomic E-state index is -0.912. The number of carbonyl (C=O) groups excluding carboxylic acids is 1. The van der Waals surface area contributed by atoms with Crippen molar-refractivity contribution in [2.45, 2.75) is 38.4 Å². The van der Waals surface area contributed by atoms with Gasteiger partial charge in [-0.25, -0.2) is 14.4 Å². The summed E-state index contributed by atoms with van der Waals surface area (Å²) in [5.41, 5.74) is 4.58. The molecule has 1 saturated heterocycles. The van der Waals surface area contributed by atoms with Gasteiger partial charge in [0.25, 0.3) is 0 Å². The molecule has 1 aromatic carbocycles. The summed E-state index contributed by atoms with van der Waals surface area (Å²) in [4.78, 5) is 24.0. The van der Waals surface area contributed by atoms with E-state index in [1.54, 1.807) is 32.4 Å². The van der Waals surface area contributed by atoms with Gasteiger partial charge in [-0.05, 0) is 56.2 Å². The minimum absolute atomic E-state index is 0.0503. The lowest BCUT2D eigenvalue weighted by Crippen LogP contribution is -2.52. The molecule has 0 radical (unpaired) electrons. The molecule has 3 aromatic heterocycles. The quantitative estimate of drug-likeness (QED) is 0.419. The number of hydrogen-bond donors (Lipinski definition) is 2. The van der Waals surface area contributed by atoms with Crippen LogP contribution in [0, 0.1) is 5.82 Å². The first-order valence-corrected chi connectivity index (χ1v) is 12.4. The van der Waals surface area contributed by atoms with Crippen LogP contribution >= 0.6 is 0 Å². The molecule has 0 spiro atoms. The Hall–Kier alpha value is -3.82. The maximum atomic E-state index is 13.6. The molecular weight excluding hydrogens is 473 g/mol. The van der Waals surface area contributed by atoms with Gasteiger partial charge < -0.3 is 20.1 Å². The van der Waals surface area contributed by atoms with Crippen molar-refractivity contribution in [1.82, 2.24) is 14.4 Å². The molecule has 37 heavy (non-hydrogen) atoms. The monoisotopic (exact) mass is 501 g/mol. The van der Waals surface area contributed by atoms with E-state index in [0.717, 1.165) is 34.7 Å². The Balaban J connectivity index is 1.27. The summed E-state index contributed by atoms with van der Waals surface area (Å²) >= 11 is 0. The number of nitrogens with one attached hydrogen (secondary N) is 1. The van der Waals surface area contributed by atoms with Crippen LogP contribution in [0.25, 0.3) is 16.9 Å². The van der Waals surface area contributed by atoms with Crippen molar-refractivity contribution in [3.63, 3.8) is 0 Å². The van der Waals surface area contributed by atoms with E-state index in [0.29, 0.717) is 43.0 Å². The van der Waals surface area contributed by atoms with Gasteiger partial charge in [0.2, 0.25) is 0 Å². The molecule has 4 heterocycles. The molecule has 2 N–H and O–H groups in total. The minimum Gasteiger partial charge on any atom is -0.388 e. The van der Waals surface area contributed by atoms with Crippen LogP contribution in [0.15, 0.2) is 55.0 Å². The number of nitrogens with zero attached hydrogens (tertiary/aromatic N) is 4. The average Bonchev–Trinajstić information content (AvgIpc) is 3.48. The molecule has 4 aromatic rings. The van der Waals surface area contributed by atoms with Crippen LogP contribution in [0.1, 0.15) is 36.2 Å². The van der Waals surface area contributed by atoms with Gasteiger partial charge in [-0.3, -0.25) is 9.20 Å². The molecule has 0 bridgehead atoms. The molecule has 9 heteroatoms. The SMILES string of the molecule is CC(C)(O)C1CN(c2ccc(Nc3ncc(-c4cnc5cc(F)ccn45)c4c3C(=O)CC4)cc2)CCO1. The molecule has 190 valence electrons. The van der Waals surface area contributed by atoms with Crippen LogP contribution < -0.4 is 10.2 Å². The van der Waals surface area contributed by atoms with E-state index in [1.165, 1.54) is 12.1 Å². The maximum Gasteiger partial charge on any atom is 0.167 e. The van der Waals surface area contributed by atoms with Crippen LogP contribution in [0.3, 0.4) is 0 Å². The van der Waals surface area contributed by atoms with Gasteiger partial charge >= 0.3 is 0 Å². The second-order valence-electron chi connectivity index (χ2n) is 10.1. The van der Waals surface area contributed by atoms with Crippen molar-refractivity contribution in [2.24, 2.45) is 0 Å². The molecule has 1 aliphatic heterocycles. The van der Waals surface area contributed by atoms with Gasteiger partial charge in [-0.1, -0.05) is 0 Å². The molecule has 1 aliphatic carbocycles. The summed E-state index contributed by atoms with van der Waals surface area (Å²) in [5, 5.41) is 13.7. The third-order valence-corrected chi connectivity index (χ3v) is 7.17. The number of aliphatic hydroxyl groups is 1. The molecular formula is C28H28FN5O3. The number of morpholine rings is 1. The fourth-order valence-corrected chi connectivity index (χ4v) is 5.15. The normalized spacial score (nSPS) is 17.9. The Morgan fingerprint density at radius 2 is 1.95 bits per heavy atom. The van der Waals surface area contributed by atoms with Crippen molar-refractivity contribution in [1.29, 1.82) is 0 Å². The molecule has 8 nitrogen and oxygen atoms in total. The second kappa shape index (κ2) is 8.93. The van der Waals surface area contributed by atoms with Crippen molar-refractivity contribution in [3.8, 4) is 11.3 Å². The van der Waals surface area contributed by atoms with Crippen LogP contribution in [-0.4, -0.2) is 56.7 Å². The number of fused-ring (bicyclic) bond motifs is 2. The van der Waals surface area contributed by atoms with Crippen LogP contribution in [0.4, 0.5) is 21.6 Å². The summed E-state index contributed by atoms with van der Waals surface area (Å²) in [6.07, 6.45) is 5.87. The zero-order valence-electron chi connectivity index (χ0n) is 20.7. The number of imidazole rings is 1. The summed E-state index contributed by atoms with van der Waals surface area (Å²) in [5.74, 6) is 0.232. The van der Waals surface area contributed by atoms with Gasteiger partial charge in [-0.15, -0.1) is 0 Å². The van der Waals surface area contributed by atoms with Gasteiger partial charge in [0.1, 0.15) is 23.4 Å². The van der Waals surface area contributed by atoms with Gasteiger partial charge in [0, 0.05) is 54.9 Å². The number of hydrogen-bond acceptors (Lipinski definition) is 7. The number of aromatic nitrogens is 3. The third-order valence-electron chi connectivity index (χ3n) is 7.17. The first-order chi connectivity index (χ1) is 17.8. The number of ether oxygens (including phenoxy) is 1. The number of pyridine rings is 2. The van der Waals surface area contributed by atoms with E-state index >= 15 is 0 Å². The highest BCUT2D eigenvalue weighted by Gasteiger charge is 2.33. The van der Waals surface area contributed by atoms with E-state index in [-0.39, 0.29) is 17.7 Å². The Kier molecular flexibility index (Phi) is 5.69. The van der Waals surface area contributed by atoms with Crippen molar-refractivity contribution < 1.29 is 19.0 Å². The van der Waals surface area contributed by atoms with Gasteiger partial charge in [0.15, 0.2) is 5.78 Å². The lowest BCUT2D eigenvalue weighted by atomic mass is 10.00. The highest BCUT2D eigenvalue weighted by atomic mass is 19.1. The lowest BCUT2D eigenvalue weighted by molar-refractivity contribution is -0.0927. The number of rotatable bonds is 5. The topological polar surface area (TPSA) is 92.0 Å².